The van der Waals surface area contributed by atoms with E-state index < -0.39 is 0 Å². The highest BCUT2D eigenvalue weighted by atomic mass is 16.3. The van der Waals surface area contributed by atoms with Crippen LogP contribution in [0.15, 0.2) is 22.8 Å². The van der Waals surface area contributed by atoms with Crippen molar-refractivity contribution in [1.29, 1.82) is 0 Å². The zero-order valence-electron chi connectivity index (χ0n) is 8.41. The maximum Gasteiger partial charge on any atom is 0.105 e. The third-order valence-electron chi connectivity index (χ3n) is 3.11. The first-order valence-electron chi connectivity index (χ1n) is 5.37. The molecule has 1 saturated carbocycles. The average molecular weight is 194 g/mol. The second kappa shape index (κ2) is 4.62. The van der Waals surface area contributed by atoms with E-state index in [2.05, 4.69) is 5.43 Å². The van der Waals surface area contributed by atoms with Gasteiger partial charge in [-0.25, -0.2) is 0 Å². The summed E-state index contributed by atoms with van der Waals surface area (Å²) < 4.78 is 5.30. The predicted molar refractivity (Wildman–Crippen MR) is 55.5 cm³/mol. The Morgan fingerprint density at radius 2 is 2.43 bits per heavy atom. The minimum atomic E-state index is 0.367. The third-order valence-corrected chi connectivity index (χ3v) is 3.11. The van der Waals surface area contributed by atoms with Crippen LogP contribution in [0.3, 0.4) is 0 Å². The minimum absolute atomic E-state index is 0.367. The van der Waals surface area contributed by atoms with E-state index >= 15 is 0 Å². The summed E-state index contributed by atoms with van der Waals surface area (Å²) in [7, 11) is 0. The highest BCUT2D eigenvalue weighted by Gasteiger charge is 2.22. The summed E-state index contributed by atoms with van der Waals surface area (Å²) in [5.74, 6) is 7.43. The molecule has 1 aromatic heterocycles. The van der Waals surface area contributed by atoms with Gasteiger partial charge in [0.15, 0.2) is 0 Å². The summed E-state index contributed by atoms with van der Waals surface area (Å²) in [6.45, 7) is 0. The Morgan fingerprint density at radius 3 is 2.93 bits per heavy atom. The second-order valence-electron chi connectivity index (χ2n) is 4.18. The van der Waals surface area contributed by atoms with Gasteiger partial charge in [0.1, 0.15) is 5.76 Å². The summed E-state index contributed by atoms with van der Waals surface area (Å²) in [4.78, 5) is 0. The highest BCUT2D eigenvalue weighted by Crippen LogP contribution is 2.30. The van der Waals surface area contributed by atoms with Crippen LogP contribution in [0.5, 0.6) is 0 Å². The summed E-state index contributed by atoms with van der Waals surface area (Å²) >= 11 is 0. The lowest BCUT2D eigenvalue weighted by molar-refractivity contribution is 0.255. The molecular formula is C11H18N2O. The molecule has 1 unspecified atom stereocenters. The first-order valence-corrected chi connectivity index (χ1v) is 5.37. The van der Waals surface area contributed by atoms with E-state index in [9.17, 15) is 0 Å². The molecule has 0 amide bonds. The van der Waals surface area contributed by atoms with Crippen LogP contribution in [0.25, 0.3) is 0 Å². The number of nitrogens with two attached hydrogens (primary N) is 1. The van der Waals surface area contributed by atoms with Crippen molar-refractivity contribution in [2.75, 3.05) is 0 Å². The van der Waals surface area contributed by atoms with Gasteiger partial charge in [0.2, 0.25) is 0 Å². The van der Waals surface area contributed by atoms with Gasteiger partial charge in [0.05, 0.1) is 6.26 Å². The Hall–Kier alpha value is -0.800. The van der Waals surface area contributed by atoms with Crippen molar-refractivity contribution >= 4 is 0 Å². The van der Waals surface area contributed by atoms with Crippen LogP contribution in [-0.2, 0) is 6.42 Å². The fourth-order valence-corrected chi connectivity index (χ4v) is 2.01. The fraction of sp³-hybridized carbons (Fsp3) is 0.636. The number of hydrazine groups is 1. The normalized spacial score (nSPS) is 19.2. The van der Waals surface area contributed by atoms with Crippen molar-refractivity contribution in [3.63, 3.8) is 0 Å². The van der Waals surface area contributed by atoms with Gasteiger partial charge in [-0.1, -0.05) is 19.3 Å². The quantitative estimate of drug-likeness (QED) is 0.555. The van der Waals surface area contributed by atoms with Crippen LogP contribution in [0.2, 0.25) is 0 Å². The van der Waals surface area contributed by atoms with Crippen LogP contribution >= 0.6 is 0 Å². The molecule has 2 rings (SSSR count). The summed E-state index contributed by atoms with van der Waals surface area (Å²) in [6, 6.07) is 4.30. The molecule has 1 heterocycles. The predicted octanol–water partition coefficient (Wildman–Crippen LogP) is 1.84. The second-order valence-corrected chi connectivity index (χ2v) is 4.18. The number of hydrogen-bond acceptors (Lipinski definition) is 3. The molecule has 1 fully saturated rings. The maximum absolute atomic E-state index is 5.52. The molecule has 3 nitrogen and oxygen atoms in total. The van der Waals surface area contributed by atoms with Crippen molar-refractivity contribution in [2.45, 2.75) is 38.1 Å². The third kappa shape index (κ3) is 2.36. The Bertz CT molecular complexity index is 254. The SMILES string of the molecule is NNC(Cc1ccco1)CC1CCC1. The van der Waals surface area contributed by atoms with E-state index in [0.717, 1.165) is 18.1 Å². The van der Waals surface area contributed by atoms with Gasteiger partial charge in [-0.05, 0) is 24.5 Å². The molecule has 1 atom stereocenters. The van der Waals surface area contributed by atoms with E-state index in [1.165, 1.54) is 25.7 Å². The van der Waals surface area contributed by atoms with Gasteiger partial charge < -0.3 is 4.42 Å². The molecule has 0 bridgehead atoms. The molecule has 78 valence electrons. The first kappa shape index (κ1) is 9.74. The van der Waals surface area contributed by atoms with Gasteiger partial charge in [0.25, 0.3) is 0 Å². The lowest BCUT2D eigenvalue weighted by atomic mass is 9.80. The molecule has 3 N–H and O–H groups in total. The Morgan fingerprint density at radius 1 is 1.57 bits per heavy atom. The van der Waals surface area contributed by atoms with Crippen molar-refractivity contribution in [1.82, 2.24) is 5.43 Å². The van der Waals surface area contributed by atoms with Crippen molar-refractivity contribution in [3.8, 4) is 0 Å². The van der Waals surface area contributed by atoms with E-state index in [1.54, 1.807) is 6.26 Å². The summed E-state index contributed by atoms with van der Waals surface area (Å²) in [5, 5.41) is 0. The van der Waals surface area contributed by atoms with Crippen LogP contribution in [0.1, 0.15) is 31.4 Å². The number of rotatable bonds is 5. The standard InChI is InChI=1S/C11H18N2O/c12-13-10(7-9-3-1-4-9)8-11-5-2-6-14-11/h2,5-6,9-10,13H,1,3-4,7-8,12H2. The van der Waals surface area contributed by atoms with Crippen LogP contribution in [-0.4, -0.2) is 6.04 Å². The van der Waals surface area contributed by atoms with E-state index in [4.69, 9.17) is 10.3 Å². The van der Waals surface area contributed by atoms with Gasteiger partial charge in [0, 0.05) is 12.5 Å². The summed E-state index contributed by atoms with van der Waals surface area (Å²) in [5.41, 5.74) is 2.88. The molecule has 0 aromatic carbocycles. The Labute approximate surface area is 84.6 Å². The number of furan rings is 1. The Balaban J connectivity index is 1.80. The molecular weight excluding hydrogens is 176 g/mol. The lowest BCUT2D eigenvalue weighted by Crippen LogP contribution is -2.39. The molecule has 0 aliphatic heterocycles. The van der Waals surface area contributed by atoms with Gasteiger partial charge in [-0.15, -0.1) is 0 Å². The molecule has 1 aliphatic rings. The smallest absolute Gasteiger partial charge is 0.105 e. The van der Waals surface area contributed by atoms with E-state index in [-0.39, 0.29) is 0 Å². The van der Waals surface area contributed by atoms with Crippen molar-refractivity contribution in [2.24, 2.45) is 11.8 Å². The Kier molecular flexibility index (Phi) is 3.22. The average Bonchev–Trinajstić information content (AvgIpc) is 2.61. The molecule has 1 aromatic rings. The molecule has 0 spiro atoms. The molecule has 3 heteroatoms. The lowest BCUT2D eigenvalue weighted by Gasteiger charge is -2.29. The van der Waals surface area contributed by atoms with Gasteiger partial charge >= 0.3 is 0 Å². The van der Waals surface area contributed by atoms with Crippen LogP contribution < -0.4 is 11.3 Å². The van der Waals surface area contributed by atoms with Crippen LogP contribution in [0.4, 0.5) is 0 Å². The van der Waals surface area contributed by atoms with Gasteiger partial charge in [-0.3, -0.25) is 11.3 Å². The number of nitrogens with one attached hydrogen (secondary N) is 1. The minimum Gasteiger partial charge on any atom is -0.469 e. The maximum atomic E-state index is 5.52. The van der Waals surface area contributed by atoms with Crippen LogP contribution in [0, 0.1) is 5.92 Å². The topological polar surface area (TPSA) is 51.2 Å². The number of hydrogen-bond donors (Lipinski definition) is 2. The van der Waals surface area contributed by atoms with E-state index in [0.29, 0.717) is 6.04 Å². The fourth-order valence-electron chi connectivity index (χ4n) is 2.01. The van der Waals surface area contributed by atoms with Crippen molar-refractivity contribution in [3.05, 3.63) is 24.2 Å². The molecule has 0 radical (unpaired) electrons. The molecule has 0 saturated heterocycles. The highest BCUT2D eigenvalue weighted by molar-refractivity contribution is 5.00. The van der Waals surface area contributed by atoms with Crippen molar-refractivity contribution < 1.29 is 4.42 Å². The zero-order valence-corrected chi connectivity index (χ0v) is 8.41. The van der Waals surface area contributed by atoms with Gasteiger partial charge in [-0.2, -0.15) is 0 Å². The largest absolute Gasteiger partial charge is 0.469 e. The molecule has 1 aliphatic carbocycles. The monoisotopic (exact) mass is 194 g/mol. The summed E-state index contributed by atoms with van der Waals surface area (Å²) in [6.07, 6.45) is 7.93. The first-order chi connectivity index (χ1) is 6.88. The van der Waals surface area contributed by atoms with E-state index in [1.807, 2.05) is 12.1 Å². The zero-order chi connectivity index (χ0) is 9.80. The molecule has 14 heavy (non-hydrogen) atoms.